The lowest BCUT2D eigenvalue weighted by molar-refractivity contribution is -0.192. The highest BCUT2D eigenvalue weighted by Gasteiger charge is 2.38. The highest BCUT2D eigenvalue weighted by atomic mass is 19.4. The van der Waals surface area contributed by atoms with Crippen molar-refractivity contribution in [1.29, 1.82) is 0 Å². The van der Waals surface area contributed by atoms with Crippen LogP contribution in [0.25, 0.3) is 28.6 Å². The summed E-state index contributed by atoms with van der Waals surface area (Å²) >= 11 is 0. The average molecular weight is 500 g/mol. The van der Waals surface area contributed by atoms with Crippen molar-refractivity contribution in [1.82, 2.24) is 20.2 Å². The molecule has 11 heteroatoms. The number of benzene rings is 1. The molecule has 1 aliphatic heterocycles. The Morgan fingerprint density at radius 3 is 2.33 bits per heavy atom. The molecule has 0 saturated carbocycles. The first-order chi connectivity index (χ1) is 17.0. The lowest BCUT2D eigenvalue weighted by Crippen LogP contribution is -2.31. The van der Waals surface area contributed by atoms with Crippen molar-refractivity contribution >= 4 is 23.9 Å². The summed E-state index contributed by atoms with van der Waals surface area (Å²) in [6.45, 7) is 0.661. The minimum Gasteiger partial charge on any atom is -0.475 e. The number of carbonyl (C=O) groups is 3. The number of carboxylic acids is 1. The molecule has 188 valence electrons. The summed E-state index contributed by atoms with van der Waals surface area (Å²) < 4.78 is 31.7. The van der Waals surface area contributed by atoms with Crippen LogP contribution in [0, 0.1) is 0 Å². The molecule has 2 amide bonds. The third-order valence-corrected chi connectivity index (χ3v) is 5.18. The molecule has 0 aliphatic carbocycles. The molecule has 1 aliphatic rings. The molecule has 8 nitrogen and oxygen atoms in total. The third kappa shape index (κ3) is 6.59. The molecule has 0 saturated heterocycles. The van der Waals surface area contributed by atoms with E-state index in [1.54, 1.807) is 32.4 Å². The van der Waals surface area contributed by atoms with Gasteiger partial charge in [0, 0.05) is 61.8 Å². The topological polar surface area (TPSA) is 115 Å². The van der Waals surface area contributed by atoms with Gasteiger partial charge in [0.15, 0.2) is 0 Å². The standard InChI is InChI=1S/C23H22N4O2.C2HF3O2/c1-27(2)22(28)8-5-15-3-6-16(7-4-15)20-13-17(9-11-24-20)21-14-18-19(26-21)10-12-25-23(18)29;3-2(4,5)1(6)7/h3-9,11,13-14,26H,10,12H2,1-2H3,(H,25,29);(H,6,7)/b8-5+;. The Bertz CT molecular complexity index is 1300. The number of aliphatic carboxylic acids is 1. The lowest BCUT2D eigenvalue weighted by Gasteiger charge is -2.10. The number of nitrogens with zero attached hydrogens (tertiary/aromatic N) is 2. The first-order valence-corrected chi connectivity index (χ1v) is 10.7. The van der Waals surface area contributed by atoms with Gasteiger partial charge in [0.2, 0.25) is 5.91 Å². The smallest absolute Gasteiger partial charge is 0.475 e. The second-order valence-corrected chi connectivity index (χ2v) is 8.00. The minimum atomic E-state index is -5.08. The van der Waals surface area contributed by atoms with Crippen LogP contribution in [0.2, 0.25) is 0 Å². The Balaban J connectivity index is 0.000000454. The van der Waals surface area contributed by atoms with E-state index in [1.165, 1.54) is 4.90 Å². The number of hydrogen-bond acceptors (Lipinski definition) is 4. The molecule has 0 radical (unpaired) electrons. The van der Waals surface area contributed by atoms with Crippen LogP contribution >= 0.6 is 0 Å². The second kappa shape index (κ2) is 10.9. The molecular weight excluding hydrogens is 477 g/mol. The van der Waals surface area contributed by atoms with Crippen molar-refractivity contribution in [2.24, 2.45) is 0 Å². The maximum atomic E-state index is 12.0. The first kappa shape index (κ1) is 26.2. The van der Waals surface area contributed by atoms with E-state index in [0.29, 0.717) is 12.1 Å². The summed E-state index contributed by atoms with van der Waals surface area (Å²) in [5.41, 5.74) is 6.37. The Kier molecular flexibility index (Phi) is 7.93. The van der Waals surface area contributed by atoms with E-state index >= 15 is 0 Å². The summed E-state index contributed by atoms with van der Waals surface area (Å²) in [5, 5.41) is 9.99. The van der Waals surface area contributed by atoms with Gasteiger partial charge in [-0.15, -0.1) is 0 Å². The number of aromatic nitrogens is 2. The molecule has 0 atom stereocenters. The number of alkyl halides is 3. The number of halogens is 3. The first-order valence-electron chi connectivity index (χ1n) is 10.7. The fraction of sp³-hybridized carbons (Fsp3) is 0.200. The average Bonchev–Trinajstić information content (AvgIpc) is 3.29. The number of H-pyrrole nitrogens is 1. The minimum absolute atomic E-state index is 0.0283. The fourth-order valence-corrected chi connectivity index (χ4v) is 3.29. The van der Waals surface area contributed by atoms with Gasteiger partial charge in [0.05, 0.1) is 11.3 Å². The Morgan fingerprint density at radius 1 is 1.08 bits per heavy atom. The van der Waals surface area contributed by atoms with Crippen molar-refractivity contribution in [2.45, 2.75) is 12.6 Å². The summed E-state index contributed by atoms with van der Waals surface area (Å²) in [4.78, 5) is 42.0. The van der Waals surface area contributed by atoms with E-state index < -0.39 is 12.1 Å². The number of rotatable bonds is 4. The molecule has 0 bridgehead atoms. The molecule has 3 aromatic rings. The van der Waals surface area contributed by atoms with E-state index in [2.05, 4.69) is 15.3 Å². The molecule has 1 aromatic carbocycles. The van der Waals surface area contributed by atoms with Crippen molar-refractivity contribution in [3.8, 4) is 22.5 Å². The molecule has 0 spiro atoms. The number of likely N-dealkylation sites (N-methyl/N-ethyl adjacent to an activating group) is 1. The van der Waals surface area contributed by atoms with Crippen LogP contribution in [0.5, 0.6) is 0 Å². The monoisotopic (exact) mass is 500 g/mol. The SMILES string of the molecule is CN(C)C(=O)/C=C/c1ccc(-c2cc(-c3cc4c([nH]3)CCNC4=O)ccn2)cc1.O=C(O)C(F)(F)F. The van der Waals surface area contributed by atoms with Gasteiger partial charge in [0.25, 0.3) is 5.91 Å². The highest BCUT2D eigenvalue weighted by molar-refractivity contribution is 5.97. The van der Waals surface area contributed by atoms with Crippen LogP contribution in [0.15, 0.2) is 54.7 Å². The van der Waals surface area contributed by atoms with Gasteiger partial charge >= 0.3 is 12.1 Å². The predicted octanol–water partition coefficient (Wildman–Crippen LogP) is 3.76. The molecule has 0 fully saturated rings. The summed E-state index contributed by atoms with van der Waals surface area (Å²) in [6.07, 6.45) is 0.847. The maximum Gasteiger partial charge on any atom is 0.490 e. The van der Waals surface area contributed by atoms with Crippen LogP contribution < -0.4 is 5.32 Å². The van der Waals surface area contributed by atoms with Crippen molar-refractivity contribution < 1.29 is 32.7 Å². The van der Waals surface area contributed by atoms with Crippen LogP contribution in [0.3, 0.4) is 0 Å². The van der Waals surface area contributed by atoms with Gasteiger partial charge in [-0.1, -0.05) is 24.3 Å². The molecule has 36 heavy (non-hydrogen) atoms. The number of hydrogen-bond donors (Lipinski definition) is 3. The summed E-state index contributed by atoms with van der Waals surface area (Å²) in [5.74, 6) is -2.84. The van der Waals surface area contributed by atoms with Crippen molar-refractivity contribution in [3.63, 3.8) is 0 Å². The maximum absolute atomic E-state index is 12.0. The molecular formula is C25H23F3N4O4. The van der Waals surface area contributed by atoms with Crippen LogP contribution in [0.4, 0.5) is 13.2 Å². The van der Waals surface area contributed by atoms with Gasteiger partial charge < -0.3 is 20.3 Å². The Labute approximate surface area is 204 Å². The van der Waals surface area contributed by atoms with E-state index in [1.807, 2.05) is 42.5 Å². The third-order valence-electron chi connectivity index (χ3n) is 5.18. The van der Waals surface area contributed by atoms with Crippen molar-refractivity contribution in [2.75, 3.05) is 20.6 Å². The number of fused-ring (bicyclic) bond motifs is 1. The second-order valence-electron chi connectivity index (χ2n) is 8.00. The van der Waals surface area contributed by atoms with Gasteiger partial charge in [-0.25, -0.2) is 4.79 Å². The van der Waals surface area contributed by atoms with Gasteiger partial charge in [-0.05, 0) is 29.8 Å². The zero-order valence-corrected chi connectivity index (χ0v) is 19.4. The quantitative estimate of drug-likeness (QED) is 0.472. The molecule has 4 rings (SSSR count). The number of aromatic amines is 1. The highest BCUT2D eigenvalue weighted by Crippen LogP contribution is 2.27. The van der Waals surface area contributed by atoms with E-state index in [9.17, 15) is 22.8 Å². The van der Waals surface area contributed by atoms with E-state index in [4.69, 9.17) is 9.90 Å². The number of carboxylic acid groups (broad SMARTS) is 1. The number of amides is 2. The summed E-state index contributed by atoms with van der Waals surface area (Å²) in [6, 6.07) is 13.7. The molecule has 2 aromatic heterocycles. The number of carbonyl (C=O) groups excluding carboxylic acids is 2. The number of nitrogens with one attached hydrogen (secondary N) is 2. The normalized spacial score (nSPS) is 12.9. The number of pyridine rings is 1. The van der Waals surface area contributed by atoms with Gasteiger partial charge in [-0.2, -0.15) is 13.2 Å². The van der Waals surface area contributed by atoms with Gasteiger partial charge in [-0.3, -0.25) is 14.6 Å². The van der Waals surface area contributed by atoms with E-state index in [0.717, 1.165) is 40.2 Å². The largest absolute Gasteiger partial charge is 0.490 e. The summed E-state index contributed by atoms with van der Waals surface area (Å²) in [7, 11) is 3.45. The lowest BCUT2D eigenvalue weighted by atomic mass is 10.0. The molecule has 0 unspecified atom stereocenters. The van der Waals surface area contributed by atoms with Crippen LogP contribution in [-0.2, 0) is 16.0 Å². The predicted molar refractivity (Wildman–Crippen MR) is 127 cm³/mol. The van der Waals surface area contributed by atoms with Crippen molar-refractivity contribution in [3.05, 3.63) is 71.6 Å². The zero-order valence-electron chi connectivity index (χ0n) is 19.4. The zero-order chi connectivity index (χ0) is 26.5. The molecule has 3 heterocycles. The van der Waals surface area contributed by atoms with Crippen LogP contribution in [-0.4, -0.2) is 64.6 Å². The Hall–Kier alpha value is -4.41. The van der Waals surface area contributed by atoms with E-state index in [-0.39, 0.29) is 11.8 Å². The molecule has 3 N–H and O–H groups in total. The Morgan fingerprint density at radius 2 is 1.75 bits per heavy atom. The fourth-order valence-electron chi connectivity index (χ4n) is 3.29. The van der Waals surface area contributed by atoms with Crippen LogP contribution in [0.1, 0.15) is 21.6 Å². The van der Waals surface area contributed by atoms with Gasteiger partial charge in [0.1, 0.15) is 0 Å².